The van der Waals surface area contributed by atoms with Gasteiger partial charge in [0.2, 0.25) is 0 Å². The Bertz CT molecular complexity index is 917. The second-order valence-electron chi connectivity index (χ2n) is 8.95. The Balaban J connectivity index is 1.54. The number of imidazole rings is 1. The van der Waals surface area contributed by atoms with E-state index < -0.39 is 0 Å². The molecule has 3 aromatic rings. The van der Waals surface area contributed by atoms with Gasteiger partial charge in [-0.3, -0.25) is 4.40 Å². The van der Waals surface area contributed by atoms with Crippen molar-refractivity contribution in [2.24, 2.45) is 0 Å². The standard InChI is InChI=1S/C27H39FN2OS/c1-4-6-8-10-11-13-15-23-19-30-20-26(29-27(30)32-23)24-17-16-22(18-25(24)28)31-21(3)14-12-9-7-5-2/h16-21H,4-15H2,1-3H3. The maximum Gasteiger partial charge on any atom is 0.194 e. The van der Waals surface area contributed by atoms with Crippen molar-refractivity contribution in [3.05, 3.63) is 41.3 Å². The van der Waals surface area contributed by atoms with E-state index in [2.05, 4.69) is 32.0 Å². The number of nitrogens with zero attached hydrogens (tertiary/aromatic N) is 2. The molecule has 0 saturated carbocycles. The average Bonchev–Trinajstić information content (AvgIpc) is 3.32. The molecule has 0 radical (unpaired) electrons. The first-order chi connectivity index (χ1) is 15.6. The molecule has 3 nitrogen and oxygen atoms in total. The van der Waals surface area contributed by atoms with Gasteiger partial charge < -0.3 is 4.74 Å². The van der Waals surface area contributed by atoms with E-state index in [0.29, 0.717) is 17.0 Å². The lowest BCUT2D eigenvalue weighted by Crippen LogP contribution is -2.11. The number of hydrogen-bond donors (Lipinski definition) is 0. The van der Waals surface area contributed by atoms with Crippen molar-refractivity contribution in [1.82, 2.24) is 9.38 Å². The number of fused-ring (bicyclic) bond motifs is 1. The van der Waals surface area contributed by atoms with Crippen LogP contribution < -0.4 is 4.74 Å². The van der Waals surface area contributed by atoms with E-state index >= 15 is 0 Å². The molecule has 1 atom stereocenters. The molecule has 2 heterocycles. The number of aryl methyl sites for hydroxylation is 1. The Morgan fingerprint density at radius 2 is 1.69 bits per heavy atom. The molecule has 1 aromatic carbocycles. The first kappa shape index (κ1) is 24.8. The van der Waals surface area contributed by atoms with Crippen LogP contribution in [0.4, 0.5) is 4.39 Å². The minimum Gasteiger partial charge on any atom is -0.491 e. The fraction of sp³-hybridized carbons (Fsp3) is 0.593. The molecule has 0 saturated heterocycles. The summed E-state index contributed by atoms with van der Waals surface area (Å²) in [5, 5.41) is 0. The molecule has 5 heteroatoms. The Morgan fingerprint density at radius 1 is 0.969 bits per heavy atom. The second kappa shape index (κ2) is 13.0. The van der Waals surface area contributed by atoms with Crippen LogP contribution in [0.15, 0.2) is 30.6 Å². The predicted octanol–water partition coefficient (Wildman–Crippen LogP) is 8.84. The summed E-state index contributed by atoms with van der Waals surface area (Å²) in [6, 6.07) is 5.14. The van der Waals surface area contributed by atoms with Gasteiger partial charge in [0.25, 0.3) is 0 Å². The van der Waals surface area contributed by atoms with Crippen LogP contribution in [0.5, 0.6) is 5.75 Å². The summed E-state index contributed by atoms with van der Waals surface area (Å²) in [6.07, 6.45) is 19.0. The van der Waals surface area contributed by atoms with Crippen molar-refractivity contribution in [3.63, 3.8) is 0 Å². The van der Waals surface area contributed by atoms with Gasteiger partial charge in [0.05, 0.1) is 11.8 Å². The van der Waals surface area contributed by atoms with Gasteiger partial charge in [0.1, 0.15) is 11.6 Å². The molecule has 0 bridgehead atoms. The lowest BCUT2D eigenvalue weighted by atomic mass is 10.1. The highest BCUT2D eigenvalue weighted by molar-refractivity contribution is 7.17. The lowest BCUT2D eigenvalue weighted by molar-refractivity contribution is 0.205. The Morgan fingerprint density at radius 3 is 2.41 bits per heavy atom. The highest BCUT2D eigenvalue weighted by Gasteiger charge is 2.14. The Labute approximate surface area is 197 Å². The molecule has 3 rings (SSSR count). The zero-order valence-corrected chi connectivity index (χ0v) is 20.9. The fourth-order valence-corrected chi connectivity index (χ4v) is 5.10. The molecule has 0 aliphatic rings. The molecule has 32 heavy (non-hydrogen) atoms. The molecule has 0 amide bonds. The molecule has 0 N–H and O–H groups in total. The van der Waals surface area contributed by atoms with E-state index in [-0.39, 0.29) is 11.9 Å². The summed E-state index contributed by atoms with van der Waals surface area (Å²) < 4.78 is 22.8. The predicted molar refractivity (Wildman–Crippen MR) is 134 cm³/mol. The third-order valence-electron chi connectivity index (χ3n) is 6.00. The number of ether oxygens (including phenoxy) is 1. The smallest absolute Gasteiger partial charge is 0.194 e. The highest BCUT2D eigenvalue weighted by atomic mass is 32.1. The van der Waals surface area contributed by atoms with Crippen molar-refractivity contribution in [2.45, 2.75) is 104 Å². The molecule has 0 aliphatic carbocycles. The van der Waals surface area contributed by atoms with Gasteiger partial charge in [-0.15, -0.1) is 11.3 Å². The lowest BCUT2D eigenvalue weighted by Gasteiger charge is -2.15. The van der Waals surface area contributed by atoms with Crippen LogP contribution >= 0.6 is 11.3 Å². The maximum atomic E-state index is 14.8. The van der Waals surface area contributed by atoms with Crippen LogP contribution in [0.2, 0.25) is 0 Å². The number of benzene rings is 1. The van der Waals surface area contributed by atoms with Crippen molar-refractivity contribution >= 4 is 16.3 Å². The zero-order valence-electron chi connectivity index (χ0n) is 20.0. The fourth-order valence-electron chi connectivity index (χ4n) is 4.09. The largest absolute Gasteiger partial charge is 0.491 e. The summed E-state index contributed by atoms with van der Waals surface area (Å²) >= 11 is 1.71. The molecule has 1 unspecified atom stereocenters. The monoisotopic (exact) mass is 458 g/mol. The van der Waals surface area contributed by atoms with Crippen LogP contribution in [0.1, 0.15) is 96.3 Å². The molecule has 176 valence electrons. The van der Waals surface area contributed by atoms with E-state index in [1.54, 1.807) is 17.4 Å². The Kier molecular flexibility index (Phi) is 10.0. The third-order valence-corrected chi connectivity index (χ3v) is 7.05. The minimum absolute atomic E-state index is 0.0973. The van der Waals surface area contributed by atoms with Gasteiger partial charge in [0.15, 0.2) is 4.96 Å². The Hall–Kier alpha value is -1.88. The maximum absolute atomic E-state index is 14.8. The second-order valence-corrected chi connectivity index (χ2v) is 10.0. The van der Waals surface area contributed by atoms with Gasteiger partial charge in [0, 0.05) is 28.9 Å². The molecule has 2 aromatic heterocycles. The van der Waals surface area contributed by atoms with Crippen LogP contribution in [-0.2, 0) is 6.42 Å². The minimum atomic E-state index is -0.279. The molecule has 0 aliphatic heterocycles. The van der Waals surface area contributed by atoms with Gasteiger partial charge >= 0.3 is 0 Å². The van der Waals surface area contributed by atoms with E-state index in [9.17, 15) is 4.39 Å². The topological polar surface area (TPSA) is 26.5 Å². The summed E-state index contributed by atoms with van der Waals surface area (Å²) in [5.41, 5.74) is 1.21. The van der Waals surface area contributed by atoms with Crippen LogP contribution in [0.25, 0.3) is 16.2 Å². The van der Waals surface area contributed by atoms with Crippen LogP contribution in [0.3, 0.4) is 0 Å². The number of aromatic nitrogens is 2. The number of rotatable bonds is 15. The molecular weight excluding hydrogens is 419 g/mol. The summed E-state index contributed by atoms with van der Waals surface area (Å²) in [5.74, 6) is 0.315. The van der Waals surface area contributed by atoms with Gasteiger partial charge in [-0.25, -0.2) is 9.37 Å². The van der Waals surface area contributed by atoms with Crippen LogP contribution in [0, 0.1) is 5.82 Å². The summed E-state index contributed by atoms with van der Waals surface area (Å²) in [7, 11) is 0. The number of unbranched alkanes of at least 4 members (excludes halogenated alkanes) is 8. The van der Waals surface area contributed by atoms with Gasteiger partial charge in [-0.2, -0.15) is 0 Å². The highest BCUT2D eigenvalue weighted by Crippen LogP contribution is 2.29. The van der Waals surface area contributed by atoms with Crippen molar-refractivity contribution in [3.8, 4) is 17.0 Å². The van der Waals surface area contributed by atoms with E-state index in [4.69, 9.17) is 4.74 Å². The van der Waals surface area contributed by atoms with Crippen molar-refractivity contribution in [1.29, 1.82) is 0 Å². The summed E-state index contributed by atoms with van der Waals surface area (Å²) in [4.78, 5) is 6.97. The zero-order chi connectivity index (χ0) is 22.8. The third kappa shape index (κ3) is 7.33. The van der Waals surface area contributed by atoms with Crippen molar-refractivity contribution in [2.75, 3.05) is 0 Å². The van der Waals surface area contributed by atoms with E-state index in [0.717, 1.165) is 24.2 Å². The molecular formula is C27H39FN2OS. The van der Waals surface area contributed by atoms with Crippen molar-refractivity contribution < 1.29 is 9.13 Å². The normalized spacial score (nSPS) is 12.5. The first-order valence-corrected chi connectivity index (χ1v) is 13.4. The molecule has 0 spiro atoms. The summed E-state index contributed by atoms with van der Waals surface area (Å²) in [6.45, 7) is 6.52. The quantitative estimate of drug-likeness (QED) is 0.213. The average molecular weight is 459 g/mol. The van der Waals surface area contributed by atoms with Crippen LogP contribution in [-0.4, -0.2) is 15.5 Å². The number of halogens is 1. The number of hydrogen-bond acceptors (Lipinski definition) is 3. The number of thiazole rings is 1. The van der Waals surface area contributed by atoms with E-state index in [1.807, 2.05) is 16.7 Å². The first-order valence-electron chi connectivity index (χ1n) is 12.5. The van der Waals surface area contributed by atoms with Gasteiger partial charge in [-0.1, -0.05) is 65.2 Å². The van der Waals surface area contributed by atoms with Gasteiger partial charge in [-0.05, 0) is 44.7 Å². The van der Waals surface area contributed by atoms with E-state index in [1.165, 1.54) is 68.7 Å². The molecule has 0 fully saturated rings. The SMILES string of the molecule is CCCCCCCCc1cn2cc(-c3ccc(OC(C)CCCCCC)cc3F)nc2s1.